The van der Waals surface area contributed by atoms with Crippen molar-refractivity contribution >= 4 is 57.3 Å². The lowest BCUT2D eigenvalue weighted by molar-refractivity contribution is -0.131. The molecule has 3 nitrogen and oxygen atoms in total. The van der Waals surface area contributed by atoms with Gasteiger partial charge in [-0.25, -0.2) is 4.79 Å². The average molecular weight is 304 g/mol. The molecule has 0 saturated carbocycles. The molecule has 92 valence electrons. The van der Waals surface area contributed by atoms with Crippen molar-refractivity contribution in [3.05, 3.63) is 44.9 Å². The molecule has 0 amide bonds. The second kappa shape index (κ2) is 4.76. The molecule has 0 aliphatic heterocycles. The molecule has 0 aliphatic rings. The summed E-state index contributed by atoms with van der Waals surface area (Å²) in [5, 5.41) is 9.67. The number of carbonyl (C=O) groups is 2. The lowest BCUT2D eigenvalue weighted by Gasteiger charge is -2.10. The Morgan fingerprint density at radius 1 is 0.889 bits per heavy atom. The smallest absolute Gasteiger partial charge is 0.377 e. The average Bonchev–Trinajstić information content (AvgIpc) is 2.36. The molecule has 0 fully saturated rings. The van der Waals surface area contributed by atoms with Gasteiger partial charge < -0.3 is 5.11 Å². The van der Waals surface area contributed by atoms with Gasteiger partial charge in [0.25, 0.3) is 5.78 Å². The van der Waals surface area contributed by atoms with E-state index in [4.69, 9.17) is 39.9 Å². The summed E-state index contributed by atoms with van der Waals surface area (Å²) in [7, 11) is 0. The predicted molar refractivity (Wildman–Crippen MR) is 70.9 cm³/mol. The second-order valence-corrected chi connectivity index (χ2v) is 4.63. The Kier molecular flexibility index (Phi) is 3.48. The molecule has 0 heterocycles. The van der Waals surface area contributed by atoms with E-state index < -0.39 is 11.8 Å². The van der Waals surface area contributed by atoms with Crippen LogP contribution in [0.1, 0.15) is 10.4 Å². The number of hydrogen-bond acceptors (Lipinski definition) is 2. The molecule has 0 aliphatic carbocycles. The summed E-state index contributed by atoms with van der Waals surface area (Å²) in [4.78, 5) is 22.5. The van der Waals surface area contributed by atoms with Gasteiger partial charge in [0.15, 0.2) is 0 Å². The lowest BCUT2D eigenvalue weighted by Crippen LogP contribution is -2.14. The van der Waals surface area contributed by atoms with Crippen LogP contribution in [-0.4, -0.2) is 16.9 Å². The first-order chi connectivity index (χ1) is 8.45. The van der Waals surface area contributed by atoms with Crippen LogP contribution in [0.4, 0.5) is 0 Å². The van der Waals surface area contributed by atoms with Crippen LogP contribution in [0, 0.1) is 0 Å². The third-order valence-corrected chi connectivity index (χ3v) is 3.80. The highest BCUT2D eigenvalue weighted by molar-refractivity contribution is 6.55. The summed E-state index contributed by atoms with van der Waals surface area (Å²) in [5.41, 5.74) is -0.144. The first-order valence-electron chi connectivity index (χ1n) is 4.78. The predicted octanol–water partition coefficient (Wildman–Crippen LogP) is 4.07. The Bertz CT molecular complexity index is 680. The minimum absolute atomic E-state index is 0.0263. The van der Waals surface area contributed by atoms with E-state index in [9.17, 15) is 9.59 Å². The quantitative estimate of drug-likeness (QED) is 0.517. The Morgan fingerprint density at radius 2 is 1.44 bits per heavy atom. The van der Waals surface area contributed by atoms with Crippen molar-refractivity contribution in [1.82, 2.24) is 0 Å². The summed E-state index contributed by atoms with van der Waals surface area (Å²) in [6.07, 6.45) is 0. The van der Waals surface area contributed by atoms with Gasteiger partial charge in [0, 0.05) is 5.39 Å². The molecule has 0 spiro atoms. The largest absolute Gasteiger partial charge is 0.475 e. The zero-order valence-corrected chi connectivity index (χ0v) is 11.0. The molecule has 0 saturated heterocycles. The molecule has 0 radical (unpaired) electrons. The van der Waals surface area contributed by atoms with Crippen LogP contribution >= 0.6 is 34.8 Å². The molecule has 0 atom stereocenters. The minimum atomic E-state index is -1.60. The van der Waals surface area contributed by atoms with Crippen molar-refractivity contribution in [2.75, 3.05) is 0 Å². The molecular weight excluding hydrogens is 298 g/mol. The van der Waals surface area contributed by atoms with Crippen molar-refractivity contribution in [3.8, 4) is 0 Å². The van der Waals surface area contributed by atoms with Gasteiger partial charge in [0.05, 0.1) is 20.6 Å². The number of carboxylic acid groups (broad SMARTS) is 1. The first kappa shape index (κ1) is 13.1. The summed E-state index contributed by atoms with van der Waals surface area (Å²) < 4.78 is 0. The number of rotatable bonds is 2. The van der Waals surface area contributed by atoms with E-state index in [1.165, 1.54) is 0 Å². The minimum Gasteiger partial charge on any atom is -0.475 e. The third kappa shape index (κ3) is 1.94. The van der Waals surface area contributed by atoms with Crippen LogP contribution < -0.4 is 0 Å². The van der Waals surface area contributed by atoms with Gasteiger partial charge >= 0.3 is 5.97 Å². The molecule has 2 rings (SSSR count). The number of carboxylic acids is 1. The zero-order valence-electron chi connectivity index (χ0n) is 8.71. The van der Waals surface area contributed by atoms with E-state index in [0.717, 1.165) is 0 Å². The molecule has 2 aromatic rings. The highest BCUT2D eigenvalue weighted by Gasteiger charge is 2.24. The lowest BCUT2D eigenvalue weighted by atomic mass is 10.0. The standard InChI is InChI=1S/C12H5Cl3O3/c13-8-6-4-2-1-3-5(6)7(9(14)10(8)15)11(16)12(17)18/h1-4H,(H,17,18). The number of fused-ring (bicyclic) bond motifs is 1. The summed E-state index contributed by atoms with van der Waals surface area (Å²) in [6.45, 7) is 0. The molecule has 2 aromatic carbocycles. The van der Waals surface area contributed by atoms with E-state index >= 15 is 0 Å². The van der Waals surface area contributed by atoms with Crippen molar-refractivity contribution < 1.29 is 14.7 Å². The van der Waals surface area contributed by atoms with Crippen LogP contribution in [0.25, 0.3) is 10.8 Å². The Hall–Kier alpha value is -1.29. The molecule has 18 heavy (non-hydrogen) atoms. The van der Waals surface area contributed by atoms with E-state index in [2.05, 4.69) is 0 Å². The maximum absolute atomic E-state index is 11.7. The van der Waals surface area contributed by atoms with Gasteiger partial charge in [0.1, 0.15) is 0 Å². The molecule has 0 bridgehead atoms. The Balaban J connectivity index is 2.96. The van der Waals surface area contributed by atoms with E-state index in [0.29, 0.717) is 10.8 Å². The fourth-order valence-electron chi connectivity index (χ4n) is 1.66. The van der Waals surface area contributed by atoms with Gasteiger partial charge in [-0.05, 0) is 5.39 Å². The summed E-state index contributed by atoms with van der Waals surface area (Å²) in [6, 6.07) is 6.56. The number of benzene rings is 2. The zero-order chi connectivity index (χ0) is 13.4. The Labute approximate surface area is 117 Å². The van der Waals surface area contributed by atoms with E-state index in [1.807, 2.05) is 0 Å². The molecule has 6 heteroatoms. The van der Waals surface area contributed by atoms with Gasteiger partial charge in [-0.1, -0.05) is 59.1 Å². The highest BCUT2D eigenvalue weighted by Crippen LogP contribution is 2.40. The molecule has 0 aromatic heterocycles. The van der Waals surface area contributed by atoms with Crippen LogP contribution in [0.3, 0.4) is 0 Å². The normalized spacial score (nSPS) is 10.6. The SMILES string of the molecule is O=C(O)C(=O)c1c(Cl)c(Cl)c(Cl)c2ccccc12. The third-order valence-electron chi connectivity index (χ3n) is 2.46. The summed E-state index contributed by atoms with van der Waals surface area (Å²) >= 11 is 17.8. The maximum Gasteiger partial charge on any atom is 0.377 e. The molecule has 0 unspecified atom stereocenters. The first-order valence-corrected chi connectivity index (χ1v) is 5.91. The van der Waals surface area contributed by atoms with E-state index in [-0.39, 0.29) is 20.6 Å². The molecule has 1 N–H and O–H groups in total. The summed E-state index contributed by atoms with van der Waals surface area (Å²) in [5.74, 6) is -2.71. The highest BCUT2D eigenvalue weighted by atomic mass is 35.5. The topological polar surface area (TPSA) is 54.4 Å². The van der Waals surface area contributed by atoms with Crippen molar-refractivity contribution in [2.45, 2.75) is 0 Å². The van der Waals surface area contributed by atoms with Gasteiger partial charge in [-0.2, -0.15) is 0 Å². The second-order valence-electron chi connectivity index (χ2n) is 3.50. The van der Waals surface area contributed by atoms with Crippen LogP contribution in [0.15, 0.2) is 24.3 Å². The fourth-order valence-corrected chi connectivity index (χ4v) is 2.45. The van der Waals surface area contributed by atoms with Crippen LogP contribution in [0.2, 0.25) is 15.1 Å². The van der Waals surface area contributed by atoms with Crippen molar-refractivity contribution in [3.63, 3.8) is 0 Å². The van der Waals surface area contributed by atoms with Gasteiger partial charge in [0.2, 0.25) is 0 Å². The number of aliphatic carboxylic acids is 1. The monoisotopic (exact) mass is 302 g/mol. The number of carbonyl (C=O) groups excluding carboxylic acids is 1. The number of Topliss-reactive ketones (excluding diaryl/α,β-unsaturated/α-hetero) is 1. The number of ketones is 1. The van der Waals surface area contributed by atoms with Gasteiger partial charge in [-0.3, -0.25) is 4.79 Å². The van der Waals surface area contributed by atoms with Crippen LogP contribution in [0.5, 0.6) is 0 Å². The van der Waals surface area contributed by atoms with Crippen molar-refractivity contribution in [2.24, 2.45) is 0 Å². The maximum atomic E-state index is 11.7. The number of halogens is 3. The fraction of sp³-hybridized carbons (Fsp3) is 0. The Morgan fingerprint density at radius 3 is 2.00 bits per heavy atom. The van der Waals surface area contributed by atoms with E-state index in [1.54, 1.807) is 24.3 Å². The molecular formula is C12H5Cl3O3. The van der Waals surface area contributed by atoms with Gasteiger partial charge in [-0.15, -0.1) is 0 Å². The van der Waals surface area contributed by atoms with Crippen LogP contribution in [-0.2, 0) is 4.79 Å². The van der Waals surface area contributed by atoms with Crippen molar-refractivity contribution in [1.29, 1.82) is 0 Å². The number of hydrogen-bond donors (Lipinski definition) is 1.